The van der Waals surface area contributed by atoms with Crippen LogP contribution < -0.4 is 15.8 Å². The standard InChI is InChI=1S/C22H27FN2O/c23-21-4-2-1-3-16(21)14-26-19-11-5-15(6-12-19)20-13-22(20)25-18-9-7-17(24)8-10-18/h1-6,11-12,17-18,20,22,25H,7-10,13-14,24H2/t17?,18?,20-,22-/m1/s1. The second-order valence-electron chi connectivity index (χ2n) is 7.68. The van der Waals surface area contributed by atoms with Crippen LogP contribution in [0.1, 0.15) is 49.1 Å². The van der Waals surface area contributed by atoms with Gasteiger partial charge < -0.3 is 15.8 Å². The minimum Gasteiger partial charge on any atom is -0.489 e. The third-order valence-corrected chi connectivity index (χ3v) is 5.67. The first-order valence-corrected chi connectivity index (χ1v) is 9.67. The number of rotatable bonds is 6. The number of hydrogen-bond acceptors (Lipinski definition) is 3. The molecule has 0 spiro atoms. The van der Waals surface area contributed by atoms with Crippen molar-refractivity contribution in [1.29, 1.82) is 0 Å². The van der Waals surface area contributed by atoms with Crippen molar-refractivity contribution in [2.75, 3.05) is 0 Å². The lowest BCUT2D eigenvalue weighted by molar-refractivity contribution is 0.300. The molecule has 3 nitrogen and oxygen atoms in total. The summed E-state index contributed by atoms with van der Waals surface area (Å²) in [6, 6.07) is 16.6. The molecule has 0 heterocycles. The van der Waals surface area contributed by atoms with E-state index in [2.05, 4.69) is 17.4 Å². The highest BCUT2D eigenvalue weighted by Crippen LogP contribution is 2.42. The molecule has 26 heavy (non-hydrogen) atoms. The van der Waals surface area contributed by atoms with Gasteiger partial charge in [-0.3, -0.25) is 0 Å². The third-order valence-electron chi connectivity index (χ3n) is 5.67. The first kappa shape index (κ1) is 17.5. The van der Waals surface area contributed by atoms with Gasteiger partial charge in [-0.1, -0.05) is 30.3 Å². The number of benzene rings is 2. The Bertz CT molecular complexity index is 725. The van der Waals surface area contributed by atoms with Gasteiger partial charge in [0.15, 0.2) is 0 Å². The first-order chi connectivity index (χ1) is 12.7. The minimum absolute atomic E-state index is 0.223. The highest BCUT2D eigenvalue weighted by atomic mass is 19.1. The zero-order valence-corrected chi connectivity index (χ0v) is 15.0. The molecule has 0 aromatic heterocycles. The monoisotopic (exact) mass is 354 g/mol. The molecule has 2 aromatic rings. The van der Waals surface area contributed by atoms with E-state index < -0.39 is 0 Å². The van der Waals surface area contributed by atoms with Crippen LogP contribution in [-0.4, -0.2) is 18.1 Å². The van der Waals surface area contributed by atoms with E-state index in [1.165, 1.54) is 30.9 Å². The van der Waals surface area contributed by atoms with E-state index in [1.807, 2.05) is 18.2 Å². The van der Waals surface area contributed by atoms with Gasteiger partial charge in [0.2, 0.25) is 0 Å². The lowest BCUT2D eigenvalue weighted by Crippen LogP contribution is -2.38. The molecule has 2 aromatic carbocycles. The van der Waals surface area contributed by atoms with Gasteiger partial charge in [0.25, 0.3) is 0 Å². The molecule has 4 heteroatoms. The molecule has 2 aliphatic rings. The molecular weight excluding hydrogens is 327 g/mol. The summed E-state index contributed by atoms with van der Waals surface area (Å²) in [6.45, 7) is 0.253. The maximum absolute atomic E-state index is 13.6. The Labute approximate surface area is 154 Å². The Balaban J connectivity index is 1.27. The number of ether oxygens (including phenoxy) is 1. The summed E-state index contributed by atoms with van der Waals surface area (Å²) in [5.74, 6) is 1.16. The van der Waals surface area contributed by atoms with E-state index >= 15 is 0 Å². The van der Waals surface area contributed by atoms with Crippen LogP contribution in [-0.2, 0) is 6.61 Å². The van der Waals surface area contributed by atoms with Crippen LogP contribution in [0.15, 0.2) is 48.5 Å². The summed E-state index contributed by atoms with van der Waals surface area (Å²) >= 11 is 0. The summed E-state index contributed by atoms with van der Waals surface area (Å²) in [4.78, 5) is 0. The molecule has 0 unspecified atom stereocenters. The average Bonchev–Trinajstić information content (AvgIpc) is 3.43. The summed E-state index contributed by atoms with van der Waals surface area (Å²) in [5, 5.41) is 3.80. The van der Waals surface area contributed by atoms with Gasteiger partial charge in [0.1, 0.15) is 18.2 Å². The van der Waals surface area contributed by atoms with E-state index in [9.17, 15) is 4.39 Å². The van der Waals surface area contributed by atoms with E-state index in [0.717, 1.165) is 18.6 Å². The number of nitrogens with one attached hydrogen (secondary N) is 1. The average molecular weight is 354 g/mol. The van der Waals surface area contributed by atoms with Crippen molar-refractivity contribution in [3.63, 3.8) is 0 Å². The molecule has 2 aliphatic carbocycles. The highest BCUT2D eigenvalue weighted by Gasteiger charge is 2.39. The Kier molecular flexibility index (Phi) is 5.23. The fourth-order valence-electron chi connectivity index (χ4n) is 3.92. The molecule has 138 valence electrons. The Morgan fingerprint density at radius 2 is 1.73 bits per heavy atom. The fraction of sp³-hybridized carbons (Fsp3) is 0.455. The minimum atomic E-state index is -0.223. The van der Waals surface area contributed by atoms with Gasteiger partial charge in [-0.2, -0.15) is 0 Å². The van der Waals surface area contributed by atoms with Crippen molar-refractivity contribution in [3.8, 4) is 5.75 Å². The fourth-order valence-corrected chi connectivity index (χ4v) is 3.92. The van der Waals surface area contributed by atoms with Crippen LogP contribution in [0.25, 0.3) is 0 Å². The van der Waals surface area contributed by atoms with E-state index in [-0.39, 0.29) is 12.4 Å². The second kappa shape index (κ2) is 7.77. The van der Waals surface area contributed by atoms with Gasteiger partial charge in [-0.05, 0) is 55.9 Å². The predicted molar refractivity (Wildman–Crippen MR) is 102 cm³/mol. The van der Waals surface area contributed by atoms with E-state index in [0.29, 0.717) is 29.6 Å². The summed E-state index contributed by atoms with van der Waals surface area (Å²) in [6.07, 6.45) is 5.89. The van der Waals surface area contributed by atoms with Crippen LogP contribution in [0.2, 0.25) is 0 Å². The van der Waals surface area contributed by atoms with Crippen LogP contribution in [0.3, 0.4) is 0 Å². The van der Waals surface area contributed by atoms with E-state index in [4.69, 9.17) is 10.5 Å². The molecule has 2 atom stereocenters. The largest absolute Gasteiger partial charge is 0.489 e. The molecule has 0 saturated heterocycles. The highest BCUT2D eigenvalue weighted by molar-refractivity contribution is 5.34. The zero-order chi connectivity index (χ0) is 17.9. The molecule has 3 N–H and O–H groups in total. The topological polar surface area (TPSA) is 47.3 Å². The number of nitrogens with two attached hydrogens (primary N) is 1. The molecule has 2 fully saturated rings. The molecular formula is C22H27FN2O. The predicted octanol–water partition coefficient (Wildman–Crippen LogP) is 4.12. The van der Waals surface area contributed by atoms with Crippen LogP contribution >= 0.6 is 0 Å². The van der Waals surface area contributed by atoms with Crippen LogP contribution in [0.5, 0.6) is 5.75 Å². The van der Waals surface area contributed by atoms with Crippen molar-refractivity contribution in [3.05, 3.63) is 65.5 Å². The SMILES string of the molecule is NC1CCC(N[C@@H]2C[C@@H]2c2ccc(OCc3ccccc3F)cc2)CC1. The van der Waals surface area contributed by atoms with Crippen molar-refractivity contribution in [2.24, 2.45) is 5.73 Å². The maximum atomic E-state index is 13.6. The lowest BCUT2D eigenvalue weighted by atomic mass is 9.92. The molecule has 0 bridgehead atoms. The maximum Gasteiger partial charge on any atom is 0.129 e. The summed E-state index contributed by atoms with van der Waals surface area (Å²) < 4.78 is 19.4. The lowest BCUT2D eigenvalue weighted by Gasteiger charge is -2.27. The van der Waals surface area contributed by atoms with Crippen molar-refractivity contribution >= 4 is 0 Å². The van der Waals surface area contributed by atoms with Crippen molar-refractivity contribution in [1.82, 2.24) is 5.32 Å². The van der Waals surface area contributed by atoms with E-state index in [1.54, 1.807) is 12.1 Å². The third kappa shape index (κ3) is 4.25. The van der Waals surface area contributed by atoms with Crippen LogP contribution in [0.4, 0.5) is 4.39 Å². The molecule has 2 saturated carbocycles. The molecule has 0 radical (unpaired) electrons. The number of halogens is 1. The number of hydrogen-bond donors (Lipinski definition) is 2. The Hall–Kier alpha value is -1.91. The van der Waals surface area contributed by atoms with Crippen molar-refractivity contribution in [2.45, 2.75) is 62.8 Å². The Morgan fingerprint density at radius 1 is 1.00 bits per heavy atom. The molecule has 4 rings (SSSR count). The van der Waals surface area contributed by atoms with Crippen LogP contribution in [0, 0.1) is 5.82 Å². The normalized spacial score (nSPS) is 27.9. The molecule has 0 aliphatic heterocycles. The van der Waals surface area contributed by atoms with Gasteiger partial charge in [0.05, 0.1) is 0 Å². The van der Waals surface area contributed by atoms with Gasteiger partial charge in [0, 0.05) is 29.6 Å². The summed E-state index contributed by atoms with van der Waals surface area (Å²) in [5.41, 5.74) is 7.92. The van der Waals surface area contributed by atoms with Gasteiger partial charge in [-0.15, -0.1) is 0 Å². The van der Waals surface area contributed by atoms with Gasteiger partial charge in [-0.25, -0.2) is 4.39 Å². The quantitative estimate of drug-likeness (QED) is 0.820. The summed E-state index contributed by atoms with van der Waals surface area (Å²) in [7, 11) is 0. The Morgan fingerprint density at radius 3 is 2.46 bits per heavy atom. The first-order valence-electron chi connectivity index (χ1n) is 9.67. The second-order valence-corrected chi connectivity index (χ2v) is 7.68. The van der Waals surface area contributed by atoms with Gasteiger partial charge >= 0.3 is 0 Å². The molecule has 0 amide bonds. The smallest absolute Gasteiger partial charge is 0.129 e. The van der Waals surface area contributed by atoms with Crippen molar-refractivity contribution < 1.29 is 9.13 Å². The zero-order valence-electron chi connectivity index (χ0n) is 15.0.